The first-order valence-corrected chi connectivity index (χ1v) is 6.71. The lowest BCUT2D eigenvalue weighted by atomic mass is 9.57. The van der Waals surface area contributed by atoms with E-state index in [-0.39, 0.29) is 0 Å². The third-order valence-corrected chi connectivity index (χ3v) is 5.96. The highest BCUT2D eigenvalue weighted by Crippen LogP contribution is 2.64. The molecular weight excluding hydrogens is 182 g/mol. The van der Waals surface area contributed by atoms with Crippen LogP contribution in [-0.4, -0.2) is 12.1 Å². The van der Waals surface area contributed by atoms with E-state index in [1.807, 2.05) is 0 Å². The van der Waals surface area contributed by atoms with Crippen LogP contribution in [0.4, 0.5) is 0 Å². The molecule has 88 valence electrons. The van der Waals surface area contributed by atoms with Crippen LogP contribution in [0.3, 0.4) is 0 Å². The zero-order valence-corrected chi connectivity index (χ0v) is 11.1. The highest BCUT2D eigenvalue weighted by molar-refractivity contribution is 5.16. The third kappa shape index (κ3) is 1.25. The molecule has 0 heterocycles. The summed E-state index contributed by atoms with van der Waals surface area (Å²) in [5.74, 6) is 2.68. The van der Waals surface area contributed by atoms with Crippen molar-refractivity contribution < 1.29 is 0 Å². The maximum Gasteiger partial charge on any atom is 0.0240 e. The second-order valence-electron chi connectivity index (χ2n) is 6.38. The van der Waals surface area contributed by atoms with E-state index in [0.717, 1.165) is 24.3 Å². The number of hydrogen-bond acceptors (Lipinski definition) is 1. The Labute approximate surface area is 95.0 Å². The number of fused-ring (bicyclic) bond motifs is 2. The van der Waals surface area contributed by atoms with Gasteiger partial charge in [0.2, 0.25) is 0 Å². The fourth-order valence-corrected chi connectivity index (χ4v) is 4.69. The Morgan fingerprint density at radius 1 is 1.20 bits per heavy atom. The van der Waals surface area contributed by atoms with Gasteiger partial charge < -0.3 is 5.32 Å². The van der Waals surface area contributed by atoms with Gasteiger partial charge >= 0.3 is 0 Å². The van der Waals surface area contributed by atoms with Gasteiger partial charge in [-0.2, -0.15) is 0 Å². The van der Waals surface area contributed by atoms with Gasteiger partial charge in [0, 0.05) is 5.54 Å². The SMILES string of the molecule is CCNC1(C)C2CCC(C2)C1(C)C(C)C. The van der Waals surface area contributed by atoms with Gasteiger partial charge in [0.25, 0.3) is 0 Å². The summed E-state index contributed by atoms with van der Waals surface area (Å²) in [5.41, 5.74) is 0.894. The quantitative estimate of drug-likeness (QED) is 0.750. The standard InChI is InChI=1S/C14H27N/c1-6-15-14(5)12-8-7-11(9-12)13(14,4)10(2)3/h10-12,15H,6-9H2,1-5H3. The first-order valence-electron chi connectivity index (χ1n) is 6.71. The lowest BCUT2D eigenvalue weighted by molar-refractivity contribution is 0.00593. The summed E-state index contributed by atoms with van der Waals surface area (Å²) in [7, 11) is 0. The third-order valence-electron chi connectivity index (χ3n) is 5.96. The Balaban J connectivity index is 2.35. The zero-order chi connectivity index (χ0) is 11.3. The van der Waals surface area contributed by atoms with Gasteiger partial charge in [0.05, 0.1) is 0 Å². The molecule has 4 unspecified atom stereocenters. The molecule has 2 rings (SSSR count). The number of nitrogens with one attached hydrogen (secondary N) is 1. The van der Waals surface area contributed by atoms with Crippen LogP contribution in [0, 0.1) is 23.2 Å². The lowest BCUT2D eigenvalue weighted by Crippen LogP contribution is -2.60. The summed E-state index contributed by atoms with van der Waals surface area (Å²) in [6, 6.07) is 0. The zero-order valence-electron chi connectivity index (χ0n) is 11.1. The Morgan fingerprint density at radius 2 is 1.80 bits per heavy atom. The van der Waals surface area contributed by atoms with E-state index < -0.39 is 0 Å². The minimum absolute atomic E-state index is 0.388. The molecule has 0 radical (unpaired) electrons. The first kappa shape index (κ1) is 11.4. The van der Waals surface area contributed by atoms with E-state index in [1.165, 1.54) is 19.3 Å². The highest BCUT2D eigenvalue weighted by atomic mass is 15.0. The predicted molar refractivity (Wildman–Crippen MR) is 65.9 cm³/mol. The minimum Gasteiger partial charge on any atom is -0.311 e. The van der Waals surface area contributed by atoms with Crippen molar-refractivity contribution >= 4 is 0 Å². The molecule has 2 fully saturated rings. The average Bonchev–Trinajstić information content (AvgIpc) is 2.70. The maximum atomic E-state index is 3.82. The average molecular weight is 209 g/mol. The summed E-state index contributed by atoms with van der Waals surface area (Å²) in [4.78, 5) is 0. The van der Waals surface area contributed by atoms with Crippen molar-refractivity contribution in [2.75, 3.05) is 6.54 Å². The number of hydrogen-bond donors (Lipinski definition) is 1. The lowest BCUT2D eigenvalue weighted by Gasteiger charge is -2.53. The molecule has 1 heteroatoms. The van der Waals surface area contributed by atoms with Crippen molar-refractivity contribution in [2.24, 2.45) is 23.2 Å². The number of rotatable bonds is 3. The van der Waals surface area contributed by atoms with Crippen LogP contribution >= 0.6 is 0 Å². The Morgan fingerprint density at radius 3 is 2.33 bits per heavy atom. The van der Waals surface area contributed by atoms with Crippen molar-refractivity contribution in [3.05, 3.63) is 0 Å². The van der Waals surface area contributed by atoms with Crippen molar-refractivity contribution in [3.63, 3.8) is 0 Å². The molecule has 0 amide bonds. The van der Waals surface area contributed by atoms with Crippen LogP contribution in [-0.2, 0) is 0 Å². The molecule has 15 heavy (non-hydrogen) atoms. The monoisotopic (exact) mass is 209 g/mol. The van der Waals surface area contributed by atoms with E-state index in [1.54, 1.807) is 0 Å². The van der Waals surface area contributed by atoms with Gasteiger partial charge in [-0.05, 0) is 55.9 Å². The summed E-state index contributed by atoms with van der Waals surface area (Å²) in [5, 5.41) is 3.82. The molecule has 4 atom stereocenters. The molecule has 0 saturated heterocycles. The summed E-state index contributed by atoms with van der Waals surface area (Å²) < 4.78 is 0. The molecular formula is C14H27N. The van der Waals surface area contributed by atoms with Crippen LogP contribution in [0.15, 0.2) is 0 Å². The summed E-state index contributed by atoms with van der Waals surface area (Å²) in [6.45, 7) is 13.2. The smallest absolute Gasteiger partial charge is 0.0240 e. The fourth-order valence-electron chi connectivity index (χ4n) is 4.69. The fraction of sp³-hybridized carbons (Fsp3) is 1.00. The van der Waals surface area contributed by atoms with E-state index in [2.05, 4.69) is 39.9 Å². The Bertz CT molecular complexity index is 248. The van der Waals surface area contributed by atoms with Gasteiger partial charge in [0.15, 0.2) is 0 Å². The minimum atomic E-state index is 0.388. The molecule has 0 aliphatic heterocycles. The highest BCUT2D eigenvalue weighted by Gasteiger charge is 2.63. The van der Waals surface area contributed by atoms with Gasteiger partial charge in [-0.15, -0.1) is 0 Å². The van der Waals surface area contributed by atoms with Gasteiger partial charge in [-0.1, -0.05) is 27.7 Å². The Hall–Kier alpha value is -0.0400. The largest absolute Gasteiger partial charge is 0.311 e. The molecule has 0 aromatic carbocycles. The van der Waals surface area contributed by atoms with Crippen molar-refractivity contribution in [1.29, 1.82) is 0 Å². The second kappa shape index (κ2) is 3.48. The van der Waals surface area contributed by atoms with E-state index in [9.17, 15) is 0 Å². The summed E-state index contributed by atoms with van der Waals surface area (Å²) in [6.07, 6.45) is 4.40. The molecule has 2 aliphatic rings. The van der Waals surface area contributed by atoms with Crippen LogP contribution in [0.2, 0.25) is 0 Å². The second-order valence-corrected chi connectivity index (χ2v) is 6.38. The van der Waals surface area contributed by atoms with Gasteiger partial charge in [-0.3, -0.25) is 0 Å². The van der Waals surface area contributed by atoms with Crippen molar-refractivity contribution in [1.82, 2.24) is 5.32 Å². The summed E-state index contributed by atoms with van der Waals surface area (Å²) >= 11 is 0. The van der Waals surface area contributed by atoms with E-state index in [4.69, 9.17) is 0 Å². The van der Waals surface area contributed by atoms with Crippen molar-refractivity contribution in [2.45, 2.75) is 59.4 Å². The van der Waals surface area contributed by atoms with E-state index in [0.29, 0.717) is 11.0 Å². The van der Waals surface area contributed by atoms with Crippen LogP contribution < -0.4 is 5.32 Å². The molecule has 1 N–H and O–H groups in total. The molecule has 0 aromatic heterocycles. The van der Waals surface area contributed by atoms with Gasteiger partial charge in [-0.25, -0.2) is 0 Å². The molecule has 2 bridgehead atoms. The molecule has 0 aromatic rings. The first-order chi connectivity index (χ1) is 6.96. The topological polar surface area (TPSA) is 12.0 Å². The molecule has 2 saturated carbocycles. The predicted octanol–water partition coefficient (Wildman–Crippen LogP) is 3.45. The van der Waals surface area contributed by atoms with Gasteiger partial charge in [0.1, 0.15) is 0 Å². The van der Waals surface area contributed by atoms with Crippen molar-refractivity contribution in [3.8, 4) is 0 Å². The molecule has 0 spiro atoms. The van der Waals surface area contributed by atoms with Crippen LogP contribution in [0.5, 0.6) is 0 Å². The normalized spacial score (nSPS) is 49.2. The van der Waals surface area contributed by atoms with E-state index >= 15 is 0 Å². The molecule has 2 aliphatic carbocycles. The van der Waals surface area contributed by atoms with Crippen LogP contribution in [0.25, 0.3) is 0 Å². The maximum absolute atomic E-state index is 3.82. The van der Waals surface area contributed by atoms with Crippen LogP contribution in [0.1, 0.15) is 53.9 Å². The molecule has 1 nitrogen and oxygen atoms in total. The Kier molecular flexibility index (Phi) is 2.65.